The molecule has 0 radical (unpaired) electrons. The Morgan fingerprint density at radius 3 is 2.64 bits per heavy atom. The number of aromatic nitrogens is 2. The zero-order valence-corrected chi connectivity index (χ0v) is 17.3. The second kappa shape index (κ2) is 9.05. The molecule has 7 nitrogen and oxygen atoms in total. The molecule has 28 heavy (non-hydrogen) atoms. The highest BCUT2D eigenvalue weighted by Gasteiger charge is 2.27. The number of amides is 2. The number of benzene rings is 1. The van der Waals surface area contributed by atoms with Crippen LogP contribution in [0.4, 0.5) is 4.79 Å². The van der Waals surface area contributed by atoms with Gasteiger partial charge in [-0.2, -0.15) is 0 Å². The summed E-state index contributed by atoms with van der Waals surface area (Å²) in [5, 5.41) is 14.5. The maximum atomic E-state index is 12.4. The smallest absolute Gasteiger partial charge is 0.330 e. The summed E-state index contributed by atoms with van der Waals surface area (Å²) in [5.74, 6) is 0. The predicted octanol–water partition coefficient (Wildman–Crippen LogP) is 4.01. The van der Waals surface area contributed by atoms with Crippen molar-refractivity contribution in [1.82, 2.24) is 25.2 Å². The molecule has 1 aromatic heterocycles. The summed E-state index contributed by atoms with van der Waals surface area (Å²) < 4.78 is 0. The summed E-state index contributed by atoms with van der Waals surface area (Å²) >= 11 is 12.9. The fraction of sp³-hybridized carbons (Fsp3) is 0.421. The number of nitrogens with zero attached hydrogens (tertiary/aromatic N) is 4. The molecule has 0 aliphatic carbocycles. The van der Waals surface area contributed by atoms with Crippen LogP contribution >= 0.6 is 23.2 Å². The van der Waals surface area contributed by atoms with Crippen molar-refractivity contribution in [3.05, 3.63) is 46.3 Å². The Morgan fingerprint density at radius 1 is 1.29 bits per heavy atom. The Morgan fingerprint density at radius 2 is 2.00 bits per heavy atom. The lowest BCUT2D eigenvalue weighted by Gasteiger charge is -2.34. The molecule has 0 spiro atoms. The second-order valence-corrected chi connectivity index (χ2v) is 7.73. The van der Waals surface area contributed by atoms with Gasteiger partial charge in [-0.3, -0.25) is 15.2 Å². The number of hydrogen-bond donors (Lipinski definition) is 2. The molecule has 2 amide bonds. The third-order valence-electron chi connectivity index (χ3n) is 5.00. The molecule has 1 aromatic carbocycles. The van der Waals surface area contributed by atoms with Gasteiger partial charge >= 0.3 is 6.03 Å². The molecule has 1 fully saturated rings. The topological polar surface area (TPSA) is 81.6 Å². The van der Waals surface area contributed by atoms with Gasteiger partial charge in [-0.25, -0.2) is 9.86 Å². The fourth-order valence-corrected chi connectivity index (χ4v) is 3.87. The van der Waals surface area contributed by atoms with Gasteiger partial charge in [-0.15, -0.1) is 0 Å². The van der Waals surface area contributed by atoms with E-state index in [-0.39, 0.29) is 6.04 Å². The van der Waals surface area contributed by atoms with Crippen molar-refractivity contribution in [2.24, 2.45) is 0 Å². The number of rotatable bonds is 4. The number of piperidine rings is 1. The van der Waals surface area contributed by atoms with Gasteiger partial charge in [0, 0.05) is 18.0 Å². The second-order valence-electron chi connectivity index (χ2n) is 6.97. The van der Waals surface area contributed by atoms with E-state index in [1.165, 1.54) is 0 Å². The molecule has 2 heterocycles. The third-order valence-corrected chi connectivity index (χ3v) is 5.90. The zero-order valence-electron chi connectivity index (χ0n) is 15.8. The molecule has 2 aromatic rings. The maximum absolute atomic E-state index is 12.4. The normalized spacial score (nSPS) is 16.6. The number of urea groups is 1. The lowest BCUT2D eigenvalue weighted by Crippen LogP contribution is -2.48. The molecule has 2 N–H and O–H groups in total. The maximum Gasteiger partial charge on any atom is 0.341 e. The molecule has 1 saturated heterocycles. The van der Waals surface area contributed by atoms with E-state index in [1.54, 1.807) is 37.6 Å². The minimum Gasteiger partial charge on any atom is -0.330 e. The van der Waals surface area contributed by atoms with Gasteiger partial charge in [0.2, 0.25) is 0 Å². The number of halogens is 2. The Hall–Kier alpha value is -1.93. The first-order chi connectivity index (χ1) is 13.4. The number of nitrogens with one attached hydrogen (secondary N) is 1. The number of hydrogen-bond acceptors (Lipinski definition) is 5. The van der Waals surface area contributed by atoms with Crippen LogP contribution in [0.5, 0.6) is 0 Å². The van der Waals surface area contributed by atoms with Crippen molar-refractivity contribution in [2.75, 3.05) is 20.1 Å². The average molecular weight is 424 g/mol. The van der Waals surface area contributed by atoms with Crippen LogP contribution < -0.4 is 5.32 Å². The van der Waals surface area contributed by atoms with Crippen molar-refractivity contribution in [1.29, 1.82) is 0 Å². The van der Waals surface area contributed by atoms with Gasteiger partial charge < -0.3 is 10.2 Å². The van der Waals surface area contributed by atoms with Crippen molar-refractivity contribution in [2.45, 2.75) is 31.8 Å². The quantitative estimate of drug-likeness (QED) is 0.573. The van der Waals surface area contributed by atoms with Gasteiger partial charge in [0.25, 0.3) is 0 Å². The zero-order chi connectivity index (χ0) is 20.3. The minimum absolute atomic E-state index is 0.193. The molecule has 150 valence electrons. The molecule has 9 heteroatoms. The highest BCUT2D eigenvalue weighted by Crippen LogP contribution is 2.37. The average Bonchev–Trinajstić information content (AvgIpc) is 2.70. The lowest BCUT2D eigenvalue weighted by atomic mass is 10.0. The summed E-state index contributed by atoms with van der Waals surface area (Å²) in [6.07, 6.45) is 6.22. The summed E-state index contributed by atoms with van der Waals surface area (Å²) in [5.41, 5.74) is 1.93. The number of hydroxylamine groups is 2. The first-order valence-corrected chi connectivity index (χ1v) is 9.85. The molecule has 3 rings (SSSR count). The molecule has 0 saturated carbocycles. The van der Waals surface area contributed by atoms with Gasteiger partial charge in [-0.05, 0) is 45.5 Å². The van der Waals surface area contributed by atoms with Crippen LogP contribution in [-0.2, 0) is 0 Å². The van der Waals surface area contributed by atoms with Gasteiger partial charge in [0.15, 0.2) is 0 Å². The van der Waals surface area contributed by atoms with Crippen molar-refractivity contribution in [3.8, 4) is 11.3 Å². The molecular formula is C19H23Cl2N5O2. The van der Waals surface area contributed by atoms with Crippen LogP contribution in [0.1, 0.15) is 31.4 Å². The summed E-state index contributed by atoms with van der Waals surface area (Å²) in [6, 6.07) is 2.41. The van der Waals surface area contributed by atoms with Crippen LogP contribution in [0.3, 0.4) is 0 Å². The van der Waals surface area contributed by atoms with E-state index >= 15 is 0 Å². The molecule has 1 aliphatic rings. The van der Waals surface area contributed by atoms with Gasteiger partial charge in [-0.1, -0.05) is 35.3 Å². The third kappa shape index (κ3) is 4.55. The monoisotopic (exact) mass is 423 g/mol. The Labute approximate surface area is 174 Å². The molecule has 1 atom stereocenters. The van der Waals surface area contributed by atoms with Crippen molar-refractivity contribution < 1.29 is 10.0 Å². The van der Waals surface area contributed by atoms with E-state index in [0.29, 0.717) is 26.9 Å². The van der Waals surface area contributed by atoms with Crippen LogP contribution in [0.25, 0.3) is 11.3 Å². The highest BCUT2D eigenvalue weighted by molar-refractivity contribution is 6.44. The molecular weight excluding hydrogens is 401 g/mol. The Bertz CT molecular complexity index is 829. The van der Waals surface area contributed by atoms with Crippen LogP contribution in [-0.4, -0.2) is 57.3 Å². The first-order valence-electron chi connectivity index (χ1n) is 9.10. The van der Waals surface area contributed by atoms with Crippen molar-refractivity contribution in [3.63, 3.8) is 0 Å². The van der Waals surface area contributed by atoms with Gasteiger partial charge in [0.05, 0.1) is 34.0 Å². The standard InChI is InChI=1S/C19H23Cl2N5O2/c1-12(24-19(27)26(28)13-5-9-25(2)10-6-13)14-3-4-15(18(21)17(14)20)16-11-22-7-8-23-16/h3-4,7-8,11-13,28H,5-6,9-10H2,1-2H3,(H,24,27). The molecule has 1 aliphatic heterocycles. The fourth-order valence-electron chi connectivity index (χ4n) is 3.27. The minimum atomic E-state index is -0.549. The van der Waals surface area contributed by atoms with E-state index in [1.807, 2.05) is 7.05 Å². The Kier molecular flexibility index (Phi) is 6.72. The van der Waals surface area contributed by atoms with Crippen LogP contribution in [0.15, 0.2) is 30.7 Å². The highest BCUT2D eigenvalue weighted by atomic mass is 35.5. The van der Waals surface area contributed by atoms with E-state index in [0.717, 1.165) is 31.0 Å². The van der Waals surface area contributed by atoms with E-state index in [2.05, 4.69) is 20.2 Å². The number of carbonyl (C=O) groups excluding carboxylic acids is 1. The van der Waals surface area contributed by atoms with Gasteiger partial charge in [0.1, 0.15) is 0 Å². The number of carbonyl (C=O) groups is 1. The SMILES string of the molecule is CC(NC(=O)N(O)C1CCN(C)CC1)c1ccc(-c2cnccn2)c(Cl)c1Cl. The molecule has 0 bridgehead atoms. The van der Waals surface area contributed by atoms with Crippen LogP contribution in [0, 0.1) is 0 Å². The van der Waals surface area contributed by atoms with E-state index in [9.17, 15) is 10.0 Å². The van der Waals surface area contributed by atoms with E-state index in [4.69, 9.17) is 23.2 Å². The largest absolute Gasteiger partial charge is 0.341 e. The van der Waals surface area contributed by atoms with Crippen molar-refractivity contribution >= 4 is 29.2 Å². The molecule has 1 unspecified atom stereocenters. The summed E-state index contributed by atoms with van der Waals surface area (Å²) in [6.45, 7) is 3.48. The van der Waals surface area contributed by atoms with E-state index < -0.39 is 12.1 Å². The first kappa shape index (κ1) is 20.8. The van der Waals surface area contributed by atoms with Crippen LogP contribution in [0.2, 0.25) is 10.0 Å². The number of likely N-dealkylation sites (tertiary alicyclic amines) is 1. The Balaban J connectivity index is 1.71. The summed E-state index contributed by atoms with van der Waals surface area (Å²) in [4.78, 5) is 22.9. The lowest BCUT2D eigenvalue weighted by molar-refractivity contribution is -0.0919. The summed E-state index contributed by atoms with van der Waals surface area (Å²) in [7, 11) is 2.02. The predicted molar refractivity (Wildman–Crippen MR) is 109 cm³/mol.